The maximum Gasteiger partial charge on any atom is 0.272 e. The number of benzene rings is 2. The molecular weight excluding hydrogens is 312 g/mol. The number of carbonyl (C=O) groups is 1. The Hall–Kier alpha value is -2.66. The topological polar surface area (TPSA) is 61.0 Å². The lowest BCUT2D eigenvalue weighted by molar-refractivity contribution is 0.0944. The smallest absolute Gasteiger partial charge is 0.272 e. The van der Waals surface area contributed by atoms with Crippen molar-refractivity contribution in [1.82, 2.24) is 20.4 Å². The van der Waals surface area contributed by atoms with Crippen LogP contribution in [0.1, 0.15) is 27.2 Å². The van der Waals surface area contributed by atoms with Crippen molar-refractivity contribution in [3.05, 3.63) is 64.8 Å². The number of fused-ring (bicyclic) bond motifs is 2. The standard InChI is InChI=1S/C20H22N4O/c1-14-6-7-18-17(12-14)19(23-22-18)20(25)21-9-11-24-10-8-15-4-2-3-5-16(15)13-24/h2-7,12H,8-11,13H2,1H3,(H,21,25)(H,22,23). The fourth-order valence-electron chi connectivity index (χ4n) is 3.46. The van der Waals surface area contributed by atoms with E-state index in [0.717, 1.165) is 42.5 Å². The third kappa shape index (κ3) is 3.28. The molecule has 0 saturated carbocycles. The third-order valence-electron chi connectivity index (χ3n) is 4.86. The average molecular weight is 334 g/mol. The molecule has 3 aromatic rings. The number of rotatable bonds is 4. The van der Waals surface area contributed by atoms with E-state index in [1.165, 1.54) is 11.1 Å². The van der Waals surface area contributed by atoms with E-state index in [4.69, 9.17) is 0 Å². The van der Waals surface area contributed by atoms with Crippen molar-refractivity contribution >= 4 is 16.8 Å². The maximum absolute atomic E-state index is 12.5. The summed E-state index contributed by atoms with van der Waals surface area (Å²) in [6, 6.07) is 14.6. The molecule has 128 valence electrons. The maximum atomic E-state index is 12.5. The largest absolute Gasteiger partial charge is 0.349 e. The summed E-state index contributed by atoms with van der Waals surface area (Å²) in [6.45, 7) is 5.49. The molecule has 0 bridgehead atoms. The monoisotopic (exact) mass is 334 g/mol. The molecule has 0 saturated heterocycles. The zero-order valence-corrected chi connectivity index (χ0v) is 14.4. The van der Waals surface area contributed by atoms with Crippen LogP contribution in [-0.2, 0) is 13.0 Å². The summed E-state index contributed by atoms with van der Waals surface area (Å²) in [6.07, 6.45) is 1.08. The first kappa shape index (κ1) is 15.8. The van der Waals surface area contributed by atoms with Gasteiger partial charge in [0.2, 0.25) is 0 Å². The second-order valence-electron chi connectivity index (χ2n) is 6.67. The molecule has 2 N–H and O–H groups in total. The first-order valence-electron chi connectivity index (χ1n) is 8.73. The van der Waals surface area contributed by atoms with E-state index in [9.17, 15) is 4.79 Å². The Bertz CT molecular complexity index is 915. The molecule has 0 unspecified atom stereocenters. The summed E-state index contributed by atoms with van der Waals surface area (Å²) in [7, 11) is 0. The molecule has 1 aliphatic heterocycles. The highest BCUT2D eigenvalue weighted by Gasteiger charge is 2.17. The van der Waals surface area contributed by atoms with Crippen molar-refractivity contribution < 1.29 is 4.79 Å². The molecule has 1 aromatic heterocycles. The molecular formula is C20H22N4O. The van der Waals surface area contributed by atoms with Crippen molar-refractivity contribution in [3.8, 4) is 0 Å². The third-order valence-corrected chi connectivity index (χ3v) is 4.86. The molecule has 4 rings (SSSR count). The van der Waals surface area contributed by atoms with Gasteiger partial charge in [0.1, 0.15) is 0 Å². The summed E-state index contributed by atoms with van der Waals surface area (Å²) in [4.78, 5) is 14.8. The lowest BCUT2D eigenvalue weighted by atomic mass is 10.00. The normalized spacial score (nSPS) is 14.4. The second kappa shape index (κ2) is 6.69. The van der Waals surface area contributed by atoms with Gasteiger partial charge >= 0.3 is 0 Å². The van der Waals surface area contributed by atoms with E-state index in [1.807, 2.05) is 25.1 Å². The fraction of sp³-hybridized carbons (Fsp3) is 0.300. The van der Waals surface area contributed by atoms with E-state index in [1.54, 1.807) is 0 Å². The van der Waals surface area contributed by atoms with Gasteiger partial charge in [0.25, 0.3) is 5.91 Å². The molecule has 2 heterocycles. The summed E-state index contributed by atoms with van der Waals surface area (Å²) in [5, 5.41) is 11.0. The minimum absolute atomic E-state index is 0.116. The van der Waals surface area contributed by atoms with Crippen molar-refractivity contribution in [2.24, 2.45) is 0 Å². The Morgan fingerprint density at radius 2 is 2.08 bits per heavy atom. The number of aryl methyl sites for hydroxylation is 1. The van der Waals surface area contributed by atoms with Crippen LogP contribution in [0.25, 0.3) is 10.9 Å². The molecule has 1 aliphatic rings. The number of nitrogens with zero attached hydrogens (tertiary/aromatic N) is 2. The van der Waals surface area contributed by atoms with E-state index < -0.39 is 0 Å². The predicted octanol–water partition coefficient (Wildman–Crippen LogP) is 2.66. The van der Waals surface area contributed by atoms with Gasteiger partial charge in [0.15, 0.2) is 5.69 Å². The first-order chi connectivity index (χ1) is 12.2. The zero-order chi connectivity index (χ0) is 17.2. The van der Waals surface area contributed by atoms with Crippen LogP contribution in [0, 0.1) is 6.92 Å². The summed E-state index contributed by atoms with van der Waals surface area (Å²) in [5.74, 6) is -0.116. The van der Waals surface area contributed by atoms with Crippen LogP contribution in [0.3, 0.4) is 0 Å². The Kier molecular flexibility index (Phi) is 4.24. The van der Waals surface area contributed by atoms with Crippen molar-refractivity contribution in [2.75, 3.05) is 19.6 Å². The fourth-order valence-corrected chi connectivity index (χ4v) is 3.46. The van der Waals surface area contributed by atoms with Gasteiger partial charge in [-0.15, -0.1) is 0 Å². The molecule has 0 spiro atoms. The summed E-state index contributed by atoms with van der Waals surface area (Å²) in [5.41, 5.74) is 5.33. The van der Waals surface area contributed by atoms with E-state index in [2.05, 4.69) is 44.7 Å². The lowest BCUT2D eigenvalue weighted by Gasteiger charge is -2.28. The van der Waals surface area contributed by atoms with E-state index >= 15 is 0 Å². The number of amides is 1. The Morgan fingerprint density at radius 3 is 2.96 bits per heavy atom. The highest BCUT2D eigenvalue weighted by molar-refractivity contribution is 6.04. The van der Waals surface area contributed by atoms with Gasteiger partial charge in [-0.25, -0.2) is 0 Å². The summed E-state index contributed by atoms with van der Waals surface area (Å²) < 4.78 is 0. The number of nitrogens with one attached hydrogen (secondary N) is 2. The van der Waals surface area contributed by atoms with Crippen LogP contribution in [0.4, 0.5) is 0 Å². The van der Waals surface area contributed by atoms with Gasteiger partial charge < -0.3 is 5.32 Å². The number of hydrogen-bond acceptors (Lipinski definition) is 3. The van der Waals surface area contributed by atoms with E-state index in [0.29, 0.717) is 12.2 Å². The van der Waals surface area contributed by atoms with Gasteiger partial charge in [-0.3, -0.25) is 14.8 Å². The van der Waals surface area contributed by atoms with Crippen molar-refractivity contribution in [3.63, 3.8) is 0 Å². The number of hydrogen-bond donors (Lipinski definition) is 2. The molecule has 2 aromatic carbocycles. The SMILES string of the molecule is Cc1ccc2[nH]nc(C(=O)NCCN3CCc4ccccc4C3)c2c1. The number of H-pyrrole nitrogens is 1. The molecule has 0 atom stereocenters. The van der Waals surface area contributed by atoms with Crippen LogP contribution >= 0.6 is 0 Å². The lowest BCUT2D eigenvalue weighted by Crippen LogP contribution is -2.37. The Labute approximate surface area is 147 Å². The van der Waals surface area contributed by atoms with Crippen molar-refractivity contribution in [1.29, 1.82) is 0 Å². The minimum Gasteiger partial charge on any atom is -0.349 e. The van der Waals surface area contributed by atoms with Gasteiger partial charge in [0, 0.05) is 31.6 Å². The van der Waals surface area contributed by atoms with E-state index in [-0.39, 0.29) is 5.91 Å². The van der Waals surface area contributed by atoms with Gasteiger partial charge in [-0.1, -0.05) is 35.9 Å². The van der Waals surface area contributed by atoms with Gasteiger partial charge in [0.05, 0.1) is 5.52 Å². The molecule has 5 nitrogen and oxygen atoms in total. The van der Waals surface area contributed by atoms with Gasteiger partial charge in [-0.05, 0) is 36.6 Å². The highest BCUT2D eigenvalue weighted by atomic mass is 16.1. The molecule has 1 amide bonds. The van der Waals surface area contributed by atoms with Crippen LogP contribution in [0.15, 0.2) is 42.5 Å². The predicted molar refractivity (Wildman–Crippen MR) is 98.6 cm³/mol. The number of aromatic nitrogens is 2. The molecule has 0 aliphatic carbocycles. The summed E-state index contributed by atoms with van der Waals surface area (Å²) >= 11 is 0. The minimum atomic E-state index is -0.116. The molecule has 0 radical (unpaired) electrons. The molecule has 25 heavy (non-hydrogen) atoms. The highest BCUT2D eigenvalue weighted by Crippen LogP contribution is 2.19. The van der Waals surface area contributed by atoms with Crippen LogP contribution in [-0.4, -0.2) is 40.6 Å². The van der Waals surface area contributed by atoms with Crippen LogP contribution in [0.5, 0.6) is 0 Å². The van der Waals surface area contributed by atoms with Crippen LogP contribution < -0.4 is 5.32 Å². The quantitative estimate of drug-likeness (QED) is 0.771. The number of carbonyl (C=O) groups excluding carboxylic acids is 1. The average Bonchev–Trinajstić information content (AvgIpc) is 3.04. The number of aromatic amines is 1. The van der Waals surface area contributed by atoms with Crippen molar-refractivity contribution in [2.45, 2.75) is 19.9 Å². The zero-order valence-electron chi connectivity index (χ0n) is 14.4. The van der Waals surface area contributed by atoms with Crippen LogP contribution in [0.2, 0.25) is 0 Å². The second-order valence-corrected chi connectivity index (χ2v) is 6.67. The van der Waals surface area contributed by atoms with Gasteiger partial charge in [-0.2, -0.15) is 5.10 Å². The molecule has 5 heteroatoms. The Morgan fingerprint density at radius 1 is 1.24 bits per heavy atom. The Balaban J connectivity index is 1.36. The molecule has 0 fully saturated rings. The first-order valence-corrected chi connectivity index (χ1v) is 8.73.